The number of piperidine rings is 1. The molecule has 0 saturated carbocycles. The number of rotatable bonds is 4. The Morgan fingerprint density at radius 3 is 2.33 bits per heavy atom. The molecule has 2 aromatic carbocycles. The number of benzene rings is 2. The van der Waals surface area contributed by atoms with Crippen molar-refractivity contribution in [3.8, 4) is 0 Å². The van der Waals surface area contributed by atoms with E-state index in [2.05, 4.69) is 5.32 Å². The fraction of sp³-hybridized carbons (Fsp3) is 0.278. The number of amides is 1. The van der Waals surface area contributed by atoms with E-state index in [9.17, 15) is 17.6 Å². The average Bonchev–Trinajstić information content (AvgIpc) is 2.62. The van der Waals surface area contributed by atoms with Crippen LogP contribution >= 0.6 is 12.4 Å². The first-order chi connectivity index (χ1) is 12.4. The predicted octanol–water partition coefficient (Wildman–Crippen LogP) is 2.61. The molecule has 1 unspecified atom stereocenters. The summed E-state index contributed by atoms with van der Waals surface area (Å²) >= 11 is 0. The highest BCUT2D eigenvalue weighted by Gasteiger charge is 2.28. The molecule has 1 heterocycles. The Morgan fingerprint density at radius 2 is 1.74 bits per heavy atom. The van der Waals surface area contributed by atoms with Crippen LogP contribution in [0.15, 0.2) is 53.4 Å². The van der Waals surface area contributed by atoms with Crippen molar-refractivity contribution in [2.24, 2.45) is 5.73 Å². The van der Waals surface area contributed by atoms with Gasteiger partial charge in [0.1, 0.15) is 5.82 Å². The van der Waals surface area contributed by atoms with Gasteiger partial charge in [-0.15, -0.1) is 12.4 Å². The monoisotopic (exact) mass is 413 g/mol. The zero-order valence-electron chi connectivity index (χ0n) is 14.5. The number of halogens is 2. The molecule has 1 aliphatic rings. The normalized spacial score (nSPS) is 17.8. The fourth-order valence-corrected chi connectivity index (χ4v) is 4.39. The summed E-state index contributed by atoms with van der Waals surface area (Å²) in [5.74, 6) is -0.823. The lowest BCUT2D eigenvalue weighted by Gasteiger charge is -2.29. The molecule has 9 heteroatoms. The first-order valence-corrected chi connectivity index (χ1v) is 9.73. The van der Waals surface area contributed by atoms with Crippen LogP contribution in [0.2, 0.25) is 0 Å². The second kappa shape index (κ2) is 8.79. The van der Waals surface area contributed by atoms with Crippen LogP contribution in [0.4, 0.5) is 10.1 Å². The van der Waals surface area contributed by atoms with Crippen molar-refractivity contribution in [3.05, 3.63) is 59.9 Å². The van der Waals surface area contributed by atoms with Crippen molar-refractivity contribution in [2.75, 3.05) is 18.4 Å². The number of carbonyl (C=O) groups excluding carboxylic acids is 1. The molecule has 0 aromatic heterocycles. The van der Waals surface area contributed by atoms with Crippen LogP contribution in [0.1, 0.15) is 23.2 Å². The zero-order chi connectivity index (χ0) is 18.7. The standard InChI is InChI=1S/C18H20FN3O3S.ClH/c19-14-5-3-13(4-6-14)18(23)21-16-7-9-17(10-8-16)26(24,25)22-11-1-2-15(20)12-22;/h3-10,15H,1-2,11-12,20H2,(H,21,23);1H. The van der Waals surface area contributed by atoms with Gasteiger partial charge in [-0.05, 0) is 61.4 Å². The lowest BCUT2D eigenvalue weighted by Crippen LogP contribution is -2.45. The van der Waals surface area contributed by atoms with Gasteiger partial charge in [-0.3, -0.25) is 4.79 Å². The maximum Gasteiger partial charge on any atom is 0.255 e. The number of anilines is 1. The van der Waals surface area contributed by atoms with E-state index in [1.54, 1.807) is 0 Å². The summed E-state index contributed by atoms with van der Waals surface area (Å²) in [6, 6.07) is 11.0. The third-order valence-electron chi connectivity index (χ3n) is 4.28. The van der Waals surface area contributed by atoms with Gasteiger partial charge in [-0.25, -0.2) is 12.8 Å². The molecule has 3 N–H and O–H groups in total. The van der Waals surface area contributed by atoms with E-state index in [0.29, 0.717) is 24.3 Å². The molecule has 1 amide bonds. The molecule has 27 heavy (non-hydrogen) atoms. The molecule has 1 fully saturated rings. The molecular formula is C18H21ClFN3O3S. The Kier molecular flexibility index (Phi) is 6.94. The fourth-order valence-electron chi connectivity index (χ4n) is 2.86. The second-order valence-corrected chi connectivity index (χ2v) is 8.19. The highest BCUT2D eigenvalue weighted by molar-refractivity contribution is 7.89. The Morgan fingerprint density at radius 1 is 1.11 bits per heavy atom. The minimum Gasteiger partial charge on any atom is -0.327 e. The first kappa shape index (κ1) is 21.3. The summed E-state index contributed by atoms with van der Waals surface area (Å²) < 4.78 is 39.6. The van der Waals surface area contributed by atoms with Crippen molar-refractivity contribution in [1.82, 2.24) is 4.31 Å². The van der Waals surface area contributed by atoms with E-state index in [1.807, 2.05) is 0 Å². The average molecular weight is 414 g/mol. The molecule has 0 aliphatic carbocycles. The van der Waals surface area contributed by atoms with E-state index in [1.165, 1.54) is 52.8 Å². The lowest BCUT2D eigenvalue weighted by molar-refractivity contribution is 0.102. The number of carbonyl (C=O) groups is 1. The third-order valence-corrected chi connectivity index (χ3v) is 6.16. The summed E-state index contributed by atoms with van der Waals surface area (Å²) in [6.07, 6.45) is 1.56. The summed E-state index contributed by atoms with van der Waals surface area (Å²) in [7, 11) is -3.60. The van der Waals surface area contributed by atoms with E-state index in [0.717, 1.165) is 12.8 Å². The van der Waals surface area contributed by atoms with Crippen LogP contribution in [-0.2, 0) is 10.0 Å². The summed E-state index contributed by atoms with van der Waals surface area (Å²) in [4.78, 5) is 12.3. The molecular weight excluding hydrogens is 393 g/mol. The van der Waals surface area contributed by atoms with E-state index in [4.69, 9.17) is 5.73 Å². The summed E-state index contributed by atoms with van der Waals surface area (Å²) in [5, 5.41) is 2.65. The highest BCUT2D eigenvalue weighted by atomic mass is 35.5. The molecule has 1 aliphatic heterocycles. The van der Waals surface area contributed by atoms with Crippen LogP contribution < -0.4 is 11.1 Å². The van der Waals surface area contributed by atoms with Gasteiger partial charge in [0.15, 0.2) is 0 Å². The van der Waals surface area contributed by atoms with Gasteiger partial charge in [-0.1, -0.05) is 0 Å². The number of nitrogens with zero attached hydrogens (tertiary/aromatic N) is 1. The lowest BCUT2D eigenvalue weighted by atomic mass is 10.1. The molecule has 0 bridgehead atoms. The van der Waals surface area contributed by atoms with Crippen molar-refractivity contribution in [1.29, 1.82) is 0 Å². The van der Waals surface area contributed by atoms with E-state index < -0.39 is 21.7 Å². The molecule has 2 aromatic rings. The Hall–Kier alpha value is -2.00. The molecule has 3 rings (SSSR count). The summed E-state index contributed by atoms with van der Waals surface area (Å²) in [5.41, 5.74) is 6.63. The van der Waals surface area contributed by atoms with Gasteiger partial charge < -0.3 is 11.1 Å². The Bertz CT molecular complexity index is 889. The number of hydrogen-bond acceptors (Lipinski definition) is 4. The summed E-state index contributed by atoms with van der Waals surface area (Å²) in [6.45, 7) is 0.768. The van der Waals surface area contributed by atoms with Gasteiger partial charge in [0.05, 0.1) is 4.90 Å². The van der Waals surface area contributed by atoms with Crippen LogP contribution in [-0.4, -0.2) is 37.8 Å². The third kappa shape index (κ3) is 5.04. The van der Waals surface area contributed by atoms with Crippen molar-refractivity contribution in [3.63, 3.8) is 0 Å². The molecule has 0 radical (unpaired) electrons. The van der Waals surface area contributed by atoms with Crippen LogP contribution in [0, 0.1) is 5.82 Å². The van der Waals surface area contributed by atoms with Gasteiger partial charge in [0, 0.05) is 30.4 Å². The quantitative estimate of drug-likeness (QED) is 0.805. The van der Waals surface area contributed by atoms with Gasteiger partial charge >= 0.3 is 0 Å². The molecule has 6 nitrogen and oxygen atoms in total. The van der Waals surface area contributed by atoms with Gasteiger partial charge in [0.25, 0.3) is 5.91 Å². The smallest absolute Gasteiger partial charge is 0.255 e. The highest BCUT2D eigenvalue weighted by Crippen LogP contribution is 2.22. The first-order valence-electron chi connectivity index (χ1n) is 8.29. The molecule has 0 spiro atoms. The van der Waals surface area contributed by atoms with Gasteiger partial charge in [0.2, 0.25) is 10.0 Å². The van der Waals surface area contributed by atoms with E-state index >= 15 is 0 Å². The number of hydrogen-bond donors (Lipinski definition) is 2. The Labute approximate surface area is 164 Å². The van der Waals surface area contributed by atoms with Gasteiger partial charge in [-0.2, -0.15) is 4.31 Å². The number of nitrogens with two attached hydrogens (primary N) is 1. The predicted molar refractivity (Wildman–Crippen MR) is 104 cm³/mol. The topological polar surface area (TPSA) is 92.5 Å². The second-order valence-electron chi connectivity index (χ2n) is 6.25. The van der Waals surface area contributed by atoms with Crippen molar-refractivity contribution >= 4 is 34.0 Å². The Balaban J connectivity index is 0.00000261. The van der Waals surface area contributed by atoms with Crippen LogP contribution in [0.5, 0.6) is 0 Å². The molecule has 1 atom stereocenters. The minimum atomic E-state index is -3.60. The zero-order valence-corrected chi connectivity index (χ0v) is 16.1. The molecule has 146 valence electrons. The van der Waals surface area contributed by atoms with E-state index in [-0.39, 0.29) is 23.3 Å². The largest absolute Gasteiger partial charge is 0.327 e. The minimum absolute atomic E-state index is 0. The van der Waals surface area contributed by atoms with Crippen molar-refractivity contribution < 1.29 is 17.6 Å². The number of sulfonamides is 1. The maximum atomic E-state index is 12.9. The number of nitrogens with one attached hydrogen (secondary N) is 1. The molecule has 1 saturated heterocycles. The van der Waals surface area contributed by atoms with Crippen molar-refractivity contribution in [2.45, 2.75) is 23.8 Å². The SMILES string of the molecule is Cl.NC1CCCN(S(=O)(=O)c2ccc(NC(=O)c3ccc(F)cc3)cc2)C1. The maximum absolute atomic E-state index is 12.9. The van der Waals surface area contributed by atoms with Crippen LogP contribution in [0.25, 0.3) is 0 Å². The van der Waals surface area contributed by atoms with Crippen LogP contribution in [0.3, 0.4) is 0 Å².